The highest BCUT2D eigenvalue weighted by Crippen LogP contribution is 2.43. The Kier molecular flexibility index (Phi) is 7.44. The van der Waals surface area contributed by atoms with Crippen LogP contribution < -0.4 is 10.2 Å². The van der Waals surface area contributed by atoms with Gasteiger partial charge in [-0.15, -0.1) is 0 Å². The van der Waals surface area contributed by atoms with E-state index in [2.05, 4.69) is 15.2 Å². The van der Waals surface area contributed by atoms with Gasteiger partial charge in [-0.25, -0.2) is 4.39 Å². The highest BCUT2D eigenvalue weighted by molar-refractivity contribution is 7.99. The van der Waals surface area contributed by atoms with E-state index in [4.69, 9.17) is 23.8 Å². The molecule has 3 aromatic carbocycles. The number of thiocarbonyl (C=S) groups is 1. The number of benzene rings is 3. The molecule has 1 fully saturated rings. The van der Waals surface area contributed by atoms with Gasteiger partial charge in [0.25, 0.3) is 5.69 Å². The third-order valence-electron chi connectivity index (χ3n) is 6.76. The summed E-state index contributed by atoms with van der Waals surface area (Å²) in [5, 5.41) is 15.0. The molecule has 2 aromatic heterocycles. The minimum atomic E-state index is -0.479. The van der Waals surface area contributed by atoms with Gasteiger partial charge in [0.05, 0.1) is 21.7 Å². The first-order valence-corrected chi connectivity index (χ1v) is 14.1. The molecule has 7 nitrogen and oxygen atoms in total. The number of nitrogens with one attached hydrogen (secondary N) is 1. The van der Waals surface area contributed by atoms with Crippen molar-refractivity contribution in [3.8, 4) is 5.69 Å². The Morgan fingerprint density at radius 3 is 2.32 bits per heavy atom. The molecule has 1 aliphatic rings. The minimum Gasteiger partial charge on any atom is -0.351 e. The lowest BCUT2D eigenvalue weighted by molar-refractivity contribution is -0.384. The summed E-state index contributed by atoms with van der Waals surface area (Å²) in [7, 11) is 0. The van der Waals surface area contributed by atoms with E-state index in [0.29, 0.717) is 5.11 Å². The number of hydrogen-bond donors (Lipinski definition) is 1. The first kappa shape index (κ1) is 26.9. The molecule has 0 radical (unpaired) electrons. The molecule has 6 rings (SSSR count). The summed E-state index contributed by atoms with van der Waals surface area (Å²) >= 11 is 13.5. The summed E-state index contributed by atoms with van der Waals surface area (Å²) < 4.78 is 15.9. The molecule has 1 saturated heterocycles. The number of hydrogen-bond acceptors (Lipinski definition) is 5. The number of nitro benzene ring substituents is 1. The zero-order valence-electron chi connectivity index (χ0n) is 21.2. The van der Waals surface area contributed by atoms with Crippen molar-refractivity contribution >= 4 is 52.1 Å². The molecule has 0 bridgehead atoms. The summed E-state index contributed by atoms with van der Waals surface area (Å²) in [6.45, 7) is 0. The quantitative estimate of drug-likeness (QED) is 0.115. The molecule has 5 aromatic rings. The van der Waals surface area contributed by atoms with Gasteiger partial charge in [0.2, 0.25) is 0 Å². The molecule has 0 amide bonds. The van der Waals surface area contributed by atoms with Crippen LogP contribution in [0.5, 0.6) is 0 Å². The Balaban J connectivity index is 1.36. The van der Waals surface area contributed by atoms with Gasteiger partial charge in [-0.1, -0.05) is 29.4 Å². The van der Waals surface area contributed by atoms with Gasteiger partial charge in [0.1, 0.15) is 11.9 Å². The first-order valence-electron chi connectivity index (χ1n) is 12.5. The lowest BCUT2D eigenvalue weighted by Crippen LogP contribution is -2.30. The van der Waals surface area contributed by atoms with Crippen LogP contribution in [0.3, 0.4) is 0 Å². The number of pyridine rings is 1. The summed E-state index contributed by atoms with van der Waals surface area (Å²) in [5.41, 5.74) is 3.41. The molecule has 0 unspecified atom stereocenters. The predicted octanol–water partition coefficient (Wildman–Crippen LogP) is 7.90. The van der Waals surface area contributed by atoms with E-state index in [1.54, 1.807) is 30.5 Å². The third-order valence-corrected chi connectivity index (χ3v) is 8.38. The van der Waals surface area contributed by atoms with Crippen LogP contribution >= 0.6 is 35.6 Å². The van der Waals surface area contributed by atoms with Gasteiger partial charge in [-0.05, 0) is 91.1 Å². The molecule has 204 valence electrons. The van der Waals surface area contributed by atoms with Crippen molar-refractivity contribution in [1.82, 2.24) is 14.9 Å². The molecular weight excluding hydrogens is 581 g/mol. The largest absolute Gasteiger partial charge is 0.351 e. The molecule has 41 heavy (non-hydrogen) atoms. The number of non-ortho nitro benzene ring substituents is 1. The average molecular weight is 602 g/mol. The van der Waals surface area contributed by atoms with Gasteiger partial charge in [0, 0.05) is 51.4 Å². The molecular formula is C30H21ClFN5O2S2. The Labute approximate surface area is 249 Å². The van der Waals surface area contributed by atoms with Crippen LogP contribution in [-0.2, 0) is 0 Å². The van der Waals surface area contributed by atoms with Crippen LogP contribution in [0.4, 0.5) is 15.8 Å². The number of nitro groups is 1. The smallest absolute Gasteiger partial charge is 0.269 e. The van der Waals surface area contributed by atoms with Crippen molar-refractivity contribution in [3.05, 3.63) is 142 Å². The molecule has 0 saturated carbocycles. The molecule has 0 spiro atoms. The lowest BCUT2D eigenvalue weighted by atomic mass is 10.0. The minimum absolute atomic E-state index is 0.0430. The van der Waals surface area contributed by atoms with Gasteiger partial charge in [0.15, 0.2) is 5.11 Å². The normalized spacial score (nSPS) is 16.5. The van der Waals surface area contributed by atoms with Gasteiger partial charge in [-0.2, -0.15) is 0 Å². The van der Waals surface area contributed by atoms with Crippen molar-refractivity contribution in [3.63, 3.8) is 0 Å². The molecule has 3 heterocycles. The molecule has 1 N–H and O–H groups in total. The van der Waals surface area contributed by atoms with Gasteiger partial charge in [-0.3, -0.25) is 15.1 Å². The van der Waals surface area contributed by atoms with E-state index in [1.807, 2.05) is 65.4 Å². The van der Waals surface area contributed by atoms with Gasteiger partial charge >= 0.3 is 0 Å². The fourth-order valence-corrected chi connectivity index (χ4v) is 6.22. The molecule has 2 atom stereocenters. The van der Waals surface area contributed by atoms with E-state index in [1.165, 1.54) is 30.0 Å². The number of aromatic nitrogens is 2. The summed E-state index contributed by atoms with van der Waals surface area (Å²) in [6.07, 6.45) is 3.67. The highest BCUT2D eigenvalue weighted by Gasteiger charge is 2.42. The standard InChI is InChI=1S/C30H21ClFN5O2S2/c31-24-18-21(10-15-25(24)32)35-17-3-5-27(35)29-28(26-4-1-2-16-33-26)34-30(40)36(29)19-6-11-22(12-7-19)41-23-13-8-20(9-14-23)37(38)39/h1-18,28-29H,(H,34,40)/t28-,29+/m1/s1. The van der Waals surface area contributed by atoms with Crippen LogP contribution in [0.2, 0.25) is 5.02 Å². The van der Waals surface area contributed by atoms with Crippen LogP contribution in [0, 0.1) is 15.9 Å². The number of halogens is 2. The number of nitrogens with zero attached hydrogens (tertiary/aromatic N) is 4. The number of anilines is 1. The zero-order chi connectivity index (χ0) is 28.5. The van der Waals surface area contributed by atoms with Crippen molar-refractivity contribution in [2.45, 2.75) is 21.9 Å². The van der Waals surface area contributed by atoms with Crippen molar-refractivity contribution in [2.75, 3.05) is 4.90 Å². The maximum atomic E-state index is 14.0. The van der Waals surface area contributed by atoms with E-state index < -0.39 is 10.7 Å². The van der Waals surface area contributed by atoms with E-state index in [9.17, 15) is 14.5 Å². The Bertz CT molecular complexity index is 1730. The maximum absolute atomic E-state index is 14.0. The van der Waals surface area contributed by atoms with E-state index >= 15 is 0 Å². The second kappa shape index (κ2) is 11.3. The topological polar surface area (TPSA) is 76.2 Å². The summed E-state index contributed by atoms with van der Waals surface area (Å²) in [4.78, 5) is 19.1. The van der Waals surface area contributed by atoms with E-state index in [0.717, 1.165) is 32.6 Å². The molecule has 11 heteroatoms. The van der Waals surface area contributed by atoms with Crippen LogP contribution in [0.25, 0.3) is 5.69 Å². The van der Waals surface area contributed by atoms with Crippen molar-refractivity contribution < 1.29 is 9.31 Å². The van der Waals surface area contributed by atoms with E-state index in [-0.39, 0.29) is 22.8 Å². The highest BCUT2D eigenvalue weighted by atomic mass is 35.5. The number of rotatable bonds is 7. The second-order valence-electron chi connectivity index (χ2n) is 9.25. The molecule has 1 aliphatic heterocycles. The molecule has 0 aliphatic carbocycles. The van der Waals surface area contributed by atoms with Gasteiger partial charge < -0.3 is 14.8 Å². The Hall–Kier alpha value is -4.25. The monoisotopic (exact) mass is 601 g/mol. The van der Waals surface area contributed by atoms with Crippen molar-refractivity contribution in [2.24, 2.45) is 0 Å². The van der Waals surface area contributed by atoms with Crippen LogP contribution in [-0.4, -0.2) is 19.6 Å². The maximum Gasteiger partial charge on any atom is 0.269 e. The van der Waals surface area contributed by atoms with Crippen LogP contribution in [0.15, 0.2) is 119 Å². The predicted molar refractivity (Wildman–Crippen MR) is 162 cm³/mol. The lowest BCUT2D eigenvalue weighted by Gasteiger charge is -2.29. The second-order valence-corrected chi connectivity index (χ2v) is 11.2. The summed E-state index contributed by atoms with van der Waals surface area (Å²) in [6, 6.07) is 28.3. The Morgan fingerprint density at radius 2 is 1.66 bits per heavy atom. The van der Waals surface area contributed by atoms with Crippen molar-refractivity contribution in [1.29, 1.82) is 0 Å². The third kappa shape index (κ3) is 5.41. The summed E-state index contributed by atoms with van der Waals surface area (Å²) in [5.74, 6) is -0.479. The SMILES string of the molecule is O=[N+]([O-])c1ccc(Sc2ccc(N3C(=S)N[C@H](c4ccccn4)[C@@H]3c3cccn3-c3ccc(F)c(Cl)c3)cc2)cc1. The fourth-order valence-electron chi connectivity index (χ4n) is 4.89. The van der Waals surface area contributed by atoms with Crippen LogP contribution in [0.1, 0.15) is 23.5 Å². The average Bonchev–Trinajstić information content (AvgIpc) is 3.60. The first-order chi connectivity index (χ1) is 19.9. The zero-order valence-corrected chi connectivity index (χ0v) is 23.6. The fraction of sp³-hybridized carbons (Fsp3) is 0.0667. The Morgan fingerprint density at radius 1 is 0.951 bits per heavy atom.